The van der Waals surface area contributed by atoms with Gasteiger partial charge in [-0.2, -0.15) is 5.26 Å². The van der Waals surface area contributed by atoms with Crippen LogP contribution < -0.4 is 4.74 Å². The molecule has 0 atom stereocenters. The Labute approximate surface area is 128 Å². The number of nitriles is 1. The monoisotopic (exact) mass is 297 g/mol. The maximum atomic E-state index is 11.6. The quantitative estimate of drug-likeness (QED) is 0.480. The van der Waals surface area contributed by atoms with Crippen molar-refractivity contribution in [2.45, 2.75) is 6.92 Å². The molecule has 0 aliphatic carbocycles. The van der Waals surface area contributed by atoms with Crippen molar-refractivity contribution in [3.05, 3.63) is 47.7 Å². The van der Waals surface area contributed by atoms with E-state index in [-0.39, 0.29) is 12.2 Å². The van der Waals surface area contributed by atoms with Gasteiger partial charge < -0.3 is 13.9 Å². The van der Waals surface area contributed by atoms with Gasteiger partial charge in [0.15, 0.2) is 0 Å². The van der Waals surface area contributed by atoms with Gasteiger partial charge in [0.1, 0.15) is 28.9 Å². The fraction of sp³-hybridized carbons (Fsp3) is 0.176. The summed E-state index contributed by atoms with van der Waals surface area (Å²) < 4.78 is 15.7. The first kappa shape index (κ1) is 15.4. The molecule has 5 nitrogen and oxygen atoms in total. The van der Waals surface area contributed by atoms with E-state index in [9.17, 15) is 4.79 Å². The van der Waals surface area contributed by atoms with E-state index in [1.807, 2.05) is 30.3 Å². The molecule has 1 aromatic heterocycles. The smallest absolute Gasteiger partial charge is 0.349 e. The minimum absolute atomic E-state index is 0.109. The van der Waals surface area contributed by atoms with E-state index in [0.717, 1.165) is 5.56 Å². The molecule has 0 fully saturated rings. The maximum absolute atomic E-state index is 11.6. The predicted octanol–water partition coefficient (Wildman–Crippen LogP) is 3.43. The van der Waals surface area contributed by atoms with Crippen LogP contribution in [-0.4, -0.2) is 19.7 Å². The third-order valence-electron chi connectivity index (χ3n) is 2.90. The summed E-state index contributed by atoms with van der Waals surface area (Å²) in [7, 11) is 1.58. The predicted molar refractivity (Wildman–Crippen MR) is 80.9 cm³/mol. The van der Waals surface area contributed by atoms with Gasteiger partial charge in [0, 0.05) is 6.08 Å². The van der Waals surface area contributed by atoms with Gasteiger partial charge in [0.05, 0.1) is 19.3 Å². The first-order valence-corrected chi connectivity index (χ1v) is 6.71. The fourth-order valence-corrected chi connectivity index (χ4v) is 1.91. The van der Waals surface area contributed by atoms with Crippen LogP contribution in [0.5, 0.6) is 5.75 Å². The summed E-state index contributed by atoms with van der Waals surface area (Å²) in [5.41, 5.74) is 0.682. The number of furan rings is 1. The zero-order valence-electron chi connectivity index (χ0n) is 12.3. The highest BCUT2D eigenvalue weighted by molar-refractivity contribution is 5.97. The molecule has 0 amide bonds. The number of para-hydroxylation sites is 1. The summed E-state index contributed by atoms with van der Waals surface area (Å²) in [6, 6.07) is 12.7. The van der Waals surface area contributed by atoms with E-state index >= 15 is 0 Å². The van der Waals surface area contributed by atoms with Crippen LogP contribution in [0.3, 0.4) is 0 Å². The number of carbonyl (C=O) groups excluding carboxylic acids is 1. The van der Waals surface area contributed by atoms with Gasteiger partial charge in [-0.25, -0.2) is 4.79 Å². The molecule has 0 aliphatic heterocycles. The van der Waals surface area contributed by atoms with Crippen LogP contribution in [0.1, 0.15) is 12.7 Å². The van der Waals surface area contributed by atoms with Crippen molar-refractivity contribution in [2.75, 3.05) is 13.7 Å². The SMILES string of the molecule is CCOC(=O)C(C#N)=Cc1ccc(-c2ccccc2OC)o1. The molecule has 2 rings (SSSR count). The lowest BCUT2D eigenvalue weighted by Crippen LogP contribution is -2.05. The minimum atomic E-state index is -0.666. The molecular formula is C17H15NO4. The number of esters is 1. The summed E-state index contributed by atoms with van der Waals surface area (Å²) in [6.07, 6.45) is 1.36. The fourth-order valence-electron chi connectivity index (χ4n) is 1.91. The van der Waals surface area contributed by atoms with Crippen molar-refractivity contribution in [3.63, 3.8) is 0 Å². The molecule has 22 heavy (non-hydrogen) atoms. The number of benzene rings is 1. The Morgan fingerprint density at radius 2 is 2.09 bits per heavy atom. The molecule has 5 heteroatoms. The lowest BCUT2D eigenvalue weighted by molar-refractivity contribution is -0.137. The number of hydrogen-bond acceptors (Lipinski definition) is 5. The Balaban J connectivity index is 2.32. The molecule has 0 saturated carbocycles. The van der Waals surface area contributed by atoms with Crippen molar-refractivity contribution in [2.24, 2.45) is 0 Å². The van der Waals surface area contributed by atoms with Crippen LogP contribution in [0.4, 0.5) is 0 Å². The number of nitrogens with zero attached hydrogens (tertiary/aromatic N) is 1. The molecule has 112 valence electrons. The van der Waals surface area contributed by atoms with Crippen LogP contribution in [0.25, 0.3) is 17.4 Å². The Morgan fingerprint density at radius 3 is 2.77 bits per heavy atom. The lowest BCUT2D eigenvalue weighted by atomic mass is 10.1. The van der Waals surface area contributed by atoms with E-state index < -0.39 is 5.97 Å². The number of methoxy groups -OCH3 is 1. The second-order valence-corrected chi connectivity index (χ2v) is 4.29. The van der Waals surface area contributed by atoms with Crippen molar-refractivity contribution in [1.29, 1.82) is 5.26 Å². The highest BCUT2D eigenvalue weighted by atomic mass is 16.5. The molecule has 0 N–H and O–H groups in total. The zero-order chi connectivity index (χ0) is 15.9. The summed E-state index contributed by atoms with van der Waals surface area (Å²) in [5.74, 6) is 0.994. The third-order valence-corrected chi connectivity index (χ3v) is 2.90. The first-order valence-electron chi connectivity index (χ1n) is 6.71. The average molecular weight is 297 g/mol. The van der Waals surface area contributed by atoms with Crippen molar-refractivity contribution < 1.29 is 18.7 Å². The van der Waals surface area contributed by atoms with E-state index in [0.29, 0.717) is 17.3 Å². The molecule has 0 saturated heterocycles. The minimum Gasteiger partial charge on any atom is -0.496 e. The topological polar surface area (TPSA) is 72.5 Å². The van der Waals surface area contributed by atoms with Crippen LogP contribution in [0.15, 0.2) is 46.4 Å². The number of carbonyl (C=O) groups is 1. The molecule has 0 spiro atoms. The van der Waals surface area contributed by atoms with Gasteiger partial charge >= 0.3 is 5.97 Å². The summed E-state index contributed by atoms with van der Waals surface area (Å²) in [5, 5.41) is 9.01. The van der Waals surface area contributed by atoms with E-state index in [4.69, 9.17) is 19.2 Å². The van der Waals surface area contributed by atoms with Crippen LogP contribution in [0, 0.1) is 11.3 Å². The normalized spacial score (nSPS) is 10.9. The summed E-state index contributed by atoms with van der Waals surface area (Å²) in [6.45, 7) is 1.89. The van der Waals surface area contributed by atoms with Gasteiger partial charge in [-0.1, -0.05) is 12.1 Å². The standard InChI is InChI=1S/C17H15NO4/c1-3-21-17(19)12(11-18)10-13-8-9-16(22-13)14-6-4-5-7-15(14)20-2/h4-10H,3H2,1-2H3. The van der Waals surface area contributed by atoms with Gasteiger partial charge in [-0.05, 0) is 31.2 Å². The summed E-state index contributed by atoms with van der Waals surface area (Å²) in [4.78, 5) is 11.6. The Hall–Kier alpha value is -3.00. The molecule has 0 radical (unpaired) electrons. The second-order valence-electron chi connectivity index (χ2n) is 4.29. The molecule has 0 unspecified atom stereocenters. The number of rotatable bonds is 5. The van der Waals surface area contributed by atoms with Gasteiger partial charge in [0.2, 0.25) is 0 Å². The van der Waals surface area contributed by atoms with Gasteiger partial charge in [-0.3, -0.25) is 0 Å². The average Bonchev–Trinajstić information content (AvgIpc) is 3.01. The molecular weight excluding hydrogens is 282 g/mol. The van der Waals surface area contributed by atoms with Crippen LogP contribution in [0.2, 0.25) is 0 Å². The maximum Gasteiger partial charge on any atom is 0.349 e. The third kappa shape index (κ3) is 3.36. The highest BCUT2D eigenvalue weighted by Gasteiger charge is 2.13. The van der Waals surface area contributed by atoms with Crippen LogP contribution in [-0.2, 0) is 9.53 Å². The van der Waals surface area contributed by atoms with Crippen molar-refractivity contribution in [3.8, 4) is 23.1 Å². The second kappa shape index (κ2) is 7.14. The molecule has 2 aromatic rings. The van der Waals surface area contributed by atoms with Crippen molar-refractivity contribution >= 4 is 12.0 Å². The first-order chi connectivity index (χ1) is 10.7. The van der Waals surface area contributed by atoms with Crippen molar-refractivity contribution in [1.82, 2.24) is 0 Å². The Kier molecular flexibility index (Phi) is 4.99. The Bertz CT molecular complexity index is 737. The summed E-state index contributed by atoms with van der Waals surface area (Å²) >= 11 is 0. The number of ether oxygens (including phenoxy) is 2. The van der Waals surface area contributed by atoms with Crippen LogP contribution >= 0.6 is 0 Å². The molecule has 0 bridgehead atoms. The molecule has 1 heterocycles. The highest BCUT2D eigenvalue weighted by Crippen LogP contribution is 2.31. The molecule has 1 aromatic carbocycles. The molecule has 0 aliphatic rings. The zero-order valence-corrected chi connectivity index (χ0v) is 12.3. The van der Waals surface area contributed by atoms with Gasteiger partial charge in [0.25, 0.3) is 0 Å². The Morgan fingerprint density at radius 1 is 1.32 bits per heavy atom. The van der Waals surface area contributed by atoms with E-state index in [1.54, 1.807) is 26.2 Å². The van der Waals surface area contributed by atoms with Gasteiger partial charge in [-0.15, -0.1) is 0 Å². The largest absolute Gasteiger partial charge is 0.496 e. The lowest BCUT2D eigenvalue weighted by Gasteiger charge is -2.04. The number of hydrogen-bond donors (Lipinski definition) is 0. The van der Waals surface area contributed by atoms with E-state index in [2.05, 4.69) is 0 Å². The van der Waals surface area contributed by atoms with E-state index in [1.165, 1.54) is 6.08 Å².